The van der Waals surface area contributed by atoms with Crippen LogP contribution in [0.1, 0.15) is 5.56 Å². The summed E-state index contributed by atoms with van der Waals surface area (Å²) in [6.07, 6.45) is 0. The molecule has 0 radical (unpaired) electrons. The number of hydrogen-bond donors (Lipinski definition) is 2. The highest BCUT2D eigenvalue weighted by Gasteiger charge is 2.14. The third-order valence-electron chi connectivity index (χ3n) is 3.01. The minimum atomic E-state index is 0.421. The SMILES string of the molecule is Nc1ccc2c(c1)OCC(=NCc1ccc(Cl)cc1)N2. The van der Waals surface area contributed by atoms with Gasteiger partial charge in [-0.05, 0) is 29.8 Å². The molecule has 0 aliphatic carbocycles. The van der Waals surface area contributed by atoms with Crippen molar-refractivity contribution in [3.8, 4) is 5.75 Å². The average Bonchev–Trinajstić information content (AvgIpc) is 2.46. The Morgan fingerprint density at radius 1 is 1.20 bits per heavy atom. The molecule has 2 aromatic rings. The molecular weight excluding hydrogens is 274 g/mol. The maximum absolute atomic E-state index is 5.85. The van der Waals surface area contributed by atoms with Crippen LogP contribution in [0.3, 0.4) is 0 Å². The molecule has 0 spiro atoms. The first kappa shape index (κ1) is 12.8. The van der Waals surface area contributed by atoms with Gasteiger partial charge in [-0.2, -0.15) is 0 Å². The van der Waals surface area contributed by atoms with E-state index in [1.54, 1.807) is 6.07 Å². The van der Waals surface area contributed by atoms with Crippen LogP contribution in [0, 0.1) is 0 Å². The van der Waals surface area contributed by atoms with Gasteiger partial charge in [0.1, 0.15) is 18.2 Å². The van der Waals surface area contributed by atoms with Crippen LogP contribution < -0.4 is 15.8 Å². The van der Waals surface area contributed by atoms with Gasteiger partial charge in [0.15, 0.2) is 0 Å². The number of amidine groups is 1. The number of fused-ring (bicyclic) bond motifs is 1. The van der Waals surface area contributed by atoms with Crippen LogP contribution in [0.5, 0.6) is 5.75 Å². The summed E-state index contributed by atoms with van der Waals surface area (Å²) in [5.41, 5.74) is 8.39. The summed E-state index contributed by atoms with van der Waals surface area (Å²) in [6, 6.07) is 13.2. The summed E-state index contributed by atoms with van der Waals surface area (Å²) in [5, 5.41) is 3.98. The number of nitrogen functional groups attached to an aromatic ring is 1. The van der Waals surface area contributed by atoms with Gasteiger partial charge in [0.2, 0.25) is 0 Å². The molecule has 4 nitrogen and oxygen atoms in total. The number of anilines is 2. The molecule has 5 heteroatoms. The summed E-state index contributed by atoms with van der Waals surface area (Å²) >= 11 is 5.85. The van der Waals surface area contributed by atoms with Crippen molar-refractivity contribution in [3.05, 3.63) is 53.1 Å². The summed E-state index contributed by atoms with van der Waals surface area (Å²) in [4.78, 5) is 4.51. The van der Waals surface area contributed by atoms with Crippen molar-refractivity contribution in [1.29, 1.82) is 0 Å². The molecule has 0 aromatic heterocycles. The minimum Gasteiger partial charge on any atom is -0.483 e. The van der Waals surface area contributed by atoms with E-state index < -0.39 is 0 Å². The maximum Gasteiger partial charge on any atom is 0.146 e. The quantitative estimate of drug-likeness (QED) is 0.833. The second kappa shape index (κ2) is 5.43. The van der Waals surface area contributed by atoms with Crippen LogP contribution in [-0.2, 0) is 6.54 Å². The van der Waals surface area contributed by atoms with Gasteiger partial charge in [0, 0.05) is 16.8 Å². The van der Waals surface area contributed by atoms with Gasteiger partial charge in [-0.1, -0.05) is 23.7 Å². The topological polar surface area (TPSA) is 59.6 Å². The molecule has 2 aromatic carbocycles. The predicted octanol–water partition coefficient (Wildman–Crippen LogP) is 3.33. The third-order valence-corrected chi connectivity index (χ3v) is 3.27. The Balaban J connectivity index is 1.71. The van der Waals surface area contributed by atoms with Crippen LogP contribution in [0.4, 0.5) is 11.4 Å². The van der Waals surface area contributed by atoms with Crippen molar-refractivity contribution < 1.29 is 4.74 Å². The van der Waals surface area contributed by atoms with Crippen molar-refractivity contribution in [2.45, 2.75) is 6.54 Å². The molecule has 1 aliphatic rings. The summed E-state index contributed by atoms with van der Waals surface area (Å²) < 4.78 is 5.63. The van der Waals surface area contributed by atoms with E-state index >= 15 is 0 Å². The van der Waals surface area contributed by atoms with E-state index in [-0.39, 0.29) is 0 Å². The van der Waals surface area contributed by atoms with Crippen LogP contribution >= 0.6 is 11.6 Å². The lowest BCUT2D eigenvalue weighted by Gasteiger charge is -2.21. The van der Waals surface area contributed by atoms with Gasteiger partial charge < -0.3 is 15.8 Å². The summed E-state index contributed by atoms with van der Waals surface area (Å²) in [5.74, 6) is 1.56. The standard InChI is InChI=1S/C15H14ClN3O/c16-11-3-1-10(2-4-11)8-18-15-9-20-14-7-12(17)5-6-13(14)19-15/h1-7H,8-9,17H2,(H,18,19). The molecule has 0 amide bonds. The first-order chi connectivity index (χ1) is 9.70. The first-order valence-corrected chi connectivity index (χ1v) is 6.65. The Kier molecular flexibility index (Phi) is 3.48. The lowest BCUT2D eigenvalue weighted by molar-refractivity contribution is 0.372. The third kappa shape index (κ3) is 2.86. The highest BCUT2D eigenvalue weighted by atomic mass is 35.5. The molecule has 0 bridgehead atoms. The number of nitrogens with one attached hydrogen (secondary N) is 1. The van der Waals surface area contributed by atoms with Crippen LogP contribution in [0.15, 0.2) is 47.5 Å². The Labute approximate surface area is 122 Å². The van der Waals surface area contributed by atoms with Gasteiger partial charge in [-0.15, -0.1) is 0 Å². The lowest BCUT2D eigenvalue weighted by Crippen LogP contribution is -2.26. The van der Waals surface area contributed by atoms with Crippen LogP contribution in [0.2, 0.25) is 5.02 Å². The largest absolute Gasteiger partial charge is 0.483 e. The van der Waals surface area contributed by atoms with E-state index in [0.29, 0.717) is 18.8 Å². The van der Waals surface area contributed by atoms with Gasteiger partial charge in [-0.3, -0.25) is 4.99 Å². The zero-order valence-corrected chi connectivity index (χ0v) is 11.5. The minimum absolute atomic E-state index is 0.421. The van der Waals surface area contributed by atoms with Gasteiger partial charge >= 0.3 is 0 Å². The average molecular weight is 288 g/mol. The number of nitrogens with two attached hydrogens (primary N) is 1. The Morgan fingerprint density at radius 2 is 2.00 bits per heavy atom. The molecule has 0 unspecified atom stereocenters. The molecule has 20 heavy (non-hydrogen) atoms. The summed E-state index contributed by atoms with van der Waals surface area (Å²) in [7, 11) is 0. The first-order valence-electron chi connectivity index (χ1n) is 6.28. The number of aliphatic imine (C=N–C) groups is 1. The highest BCUT2D eigenvalue weighted by Crippen LogP contribution is 2.29. The second-order valence-electron chi connectivity index (χ2n) is 4.56. The van der Waals surface area contributed by atoms with E-state index in [9.17, 15) is 0 Å². The van der Waals surface area contributed by atoms with E-state index in [1.807, 2.05) is 36.4 Å². The number of rotatable bonds is 2. The molecular formula is C15H14ClN3O. The number of nitrogens with zero attached hydrogens (tertiary/aromatic N) is 1. The number of hydrogen-bond acceptors (Lipinski definition) is 3. The fourth-order valence-electron chi connectivity index (χ4n) is 1.96. The molecule has 3 rings (SSSR count). The Hall–Kier alpha value is -2.20. The van der Waals surface area contributed by atoms with Crippen LogP contribution in [0.25, 0.3) is 0 Å². The van der Waals surface area contributed by atoms with E-state index in [1.165, 1.54) is 0 Å². The molecule has 3 N–H and O–H groups in total. The van der Waals surface area contributed by atoms with E-state index in [0.717, 1.165) is 27.9 Å². The molecule has 0 saturated heterocycles. The van der Waals surface area contributed by atoms with Crippen molar-refractivity contribution in [3.63, 3.8) is 0 Å². The second-order valence-corrected chi connectivity index (χ2v) is 5.00. The highest BCUT2D eigenvalue weighted by molar-refractivity contribution is 6.30. The smallest absolute Gasteiger partial charge is 0.146 e. The molecule has 102 valence electrons. The number of benzene rings is 2. The fourth-order valence-corrected chi connectivity index (χ4v) is 2.09. The fraction of sp³-hybridized carbons (Fsp3) is 0.133. The Morgan fingerprint density at radius 3 is 2.80 bits per heavy atom. The predicted molar refractivity (Wildman–Crippen MR) is 82.6 cm³/mol. The summed E-state index contributed by atoms with van der Waals surface area (Å²) in [6.45, 7) is 1.01. The van der Waals surface area contributed by atoms with Crippen molar-refractivity contribution >= 4 is 28.8 Å². The lowest BCUT2D eigenvalue weighted by atomic mass is 10.2. The van der Waals surface area contributed by atoms with Crippen LogP contribution in [-0.4, -0.2) is 12.4 Å². The van der Waals surface area contributed by atoms with Gasteiger partial charge in [0.05, 0.1) is 12.2 Å². The molecule has 0 atom stereocenters. The number of ether oxygens (including phenoxy) is 1. The Bertz CT molecular complexity index is 653. The van der Waals surface area contributed by atoms with Crippen molar-refractivity contribution in [2.75, 3.05) is 17.7 Å². The van der Waals surface area contributed by atoms with Crippen molar-refractivity contribution in [1.82, 2.24) is 0 Å². The van der Waals surface area contributed by atoms with Gasteiger partial charge in [-0.25, -0.2) is 0 Å². The van der Waals surface area contributed by atoms with E-state index in [4.69, 9.17) is 22.1 Å². The van der Waals surface area contributed by atoms with Crippen molar-refractivity contribution in [2.24, 2.45) is 4.99 Å². The molecule has 1 aliphatic heterocycles. The number of halogens is 1. The molecule has 1 heterocycles. The maximum atomic E-state index is 5.85. The molecule has 0 saturated carbocycles. The zero-order chi connectivity index (χ0) is 13.9. The molecule has 0 fully saturated rings. The van der Waals surface area contributed by atoms with Gasteiger partial charge in [0.25, 0.3) is 0 Å². The zero-order valence-electron chi connectivity index (χ0n) is 10.8. The monoisotopic (exact) mass is 287 g/mol. The van der Waals surface area contributed by atoms with E-state index in [2.05, 4.69) is 10.3 Å². The normalized spacial score (nSPS) is 15.3.